The van der Waals surface area contributed by atoms with Crippen molar-refractivity contribution in [2.24, 2.45) is 0 Å². The zero-order valence-corrected chi connectivity index (χ0v) is 18.5. The number of rotatable bonds is 7. The second kappa shape index (κ2) is 9.01. The fourth-order valence-electron chi connectivity index (χ4n) is 3.72. The summed E-state index contributed by atoms with van der Waals surface area (Å²) >= 11 is 0. The lowest BCUT2D eigenvalue weighted by Gasteiger charge is -2.16. The molecule has 1 N–H and O–H groups in total. The number of pyridine rings is 1. The summed E-state index contributed by atoms with van der Waals surface area (Å²) in [7, 11) is 4.64. The van der Waals surface area contributed by atoms with Gasteiger partial charge in [-0.05, 0) is 24.6 Å². The fraction of sp³-hybridized carbons (Fsp3) is 0.200. The minimum absolute atomic E-state index is 0.0941. The van der Waals surface area contributed by atoms with Gasteiger partial charge < -0.3 is 19.5 Å². The van der Waals surface area contributed by atoms with Crippen LogP contribution in [0.3, 0.4) is 0 Å². The molecule has 7 nitrogen and oxygen atoms in total. The van der Waals surface area contributed by atoms with Crippen molar-refractivity contribution in [3.63, 3.8) is 0 Å². The second-order valence-corrected chi connectivity index (χ2v) is 7.33. The smallest absolute Gasteiger partial charge is 0.230 e. The number of methoxy groups -OCH3 is 3. The van der Waals surface area contributed by atoms with E-state index in [9.17, 15) is 4.79 Å². The Morgan fingerprint density at radius 1 is 0.938 bits per heavy atom. The standard InChI is InChI=1S/C25H25N3O4/c1-16-10-13-20-26-22(17-8-6-5-7-9-17)25(28(20)15-16)27-21(29)14-18-11-12-19(30-2)24(32-4)23(18)31-3/h5-13,15H,14H2,1-4H3,(H,27,29). The molecule has 0 aliphatic carbocycles. The lowest BCUT2D eigenvalue weighted by atomic mass is 10.1. The van der Waals surface area contributed by atoms with E-state index in [0.717, 1.165) is 16.8 Å². The molecule has 0 aliphatic heterocycles. The van der Waals surface area contributed by atoms with E-state index in [2.05, 4.69) is 5.32 Å². The first kappa shape index (κ1) is 21.2. The van der Waals surface area contributed by atoms with Crippen molar-refractivity contribution in [2.75, 3.05) is 26.6 Å². The summed E-state index contributed by atoms with van der Waals surface area (Å²) in [6.07, 6.45) is 2.05. The SMILES string of the molecule is COc1ccc(CC(=O)Nc2c(-c3ccccc3)nc3ccc(C)cn23)c(OC)c1OC. The molecular formula is C25H25N3O4. The Morgan fingerprint density at radius 2 is 1.69 bits per heavy atom. The molecule has 0 bridgehead atoms. The minimum Gasteiger partial charge on any atom is -0.493 e. The Kier molecular flexibility index (Phi) is 5.98. The Balaban J connectivity index is 1.71. The monoisotopic (exact) mass is 431 g/mol. The van der Waals surface area contributed by atoms with E-state index in [1.165, 1.54) is 7.11 Å². The van der Waals surface area contributed by atoms with Crippen LogP contribution in [0, 0.1) is 6.92 Å². The topological polar surface area (TPSA) is 74.1 Å². The molecule has 1 amide bonds. The van der Waals surface area contributed by atoms with Gasteiger partial charge >= 0.3 is 0 Å². The van der Waals surface area contributed by atoms with Crippen molar-refractivity contribution < 1.29 is 19.0 Å². The van der Waals surface area contributed by atoms with E-state index in [-0.39, 0.29) is 12.3 Å². The number of nitrogens with zero attached hydrogens (tertiary/aromatic N) is 2. The fourth-order valence-corrected chi connectivity index (χ4v) is 3.72. The molecule has 4 rings (SSSR count). The number of benzene rings is 2. The first-order valence-electron chi connectivity index (χ1n) is 10.2. The molecule has 164 valence electrons. The number of fused-ring (bicyclic) bond motifs is 1. The molecular weight excluding hydrogens is 406 g/mol. The summed E-state index contributed by atoms with van der Waals surface area (Å²) in [6, 6.07) is 17.3. The summed E-state index contributed by atoms with van der Waals surface area (Å²) in [5, 5.41) is 3.06. The zero-order chi connectivity index (χ0) is 22.7. The molecule has 7 heteroatoms. The second-order valence-electron chi connectivity index (χ2n) is 7.33. The third-order valence-electron chi connectivity index (χ3n) is 5.21. The minimum atomic E-state index is -0.198. The molecule has 0 spiro atoms. The Bertz CT molecular complexity index is 1270. The first-order chi connectivity index (χ1) is 15.5. The maximum atomic E-state index is 13.1. The van der Waals surface area contributed by atoms with Gasteiger partial charge in [0.15, 0.2) is 11.5 Å². The van der Waals surface area contributed by atoms with Crippen molar-refractivity contribution >= 4 is 17.4 Å². The van der Waals surface area contributed by atoms with Crippen LogP contribution in [0.2, 0.25) is 0 Å². The van der Waals surface area contributed by atoms with Crippen molar-refractivity contribution in [2.45, 2.75) is 13.3 Å². The van der Waals surface area contributed by atoms with E-state index in [0.29, 0.717) is 34.3 Å². The van der Waals surface area contributed by atoms with E-state index in [4.69, 9.17) is 19.2 Å². The van der Waals surface area contributed by atoms with Gasteiger partial charge in [0.2, 0.25) is 11.7 Å². The van der Waals surface area contributed by atoms with Crippen molar-refractivity contribution in [1.82, 2.24) is 9.38 Å². The summed E-state index contributed by atoms with van der Waals surface area (Å²) in [4.78, 5) is 17.9. The number of anilines is 1. The van der Waals surface area contributed by atoms with Gasteiger partial charge in [0, 0.05) is 17.3 Å². The number of hydrogen-bond acceptors (Lipinski definition) is 5. The quantitative estimate of drug-likeness (QED) is 0.466. The van der Waals surface area contributed by atoms with Crippen molar-refractivity contribution in [1.29, 1.82) is 0 Å². The van der Waals surface area contributed by atoms with Gasteiger partial charge in [-0.25, -0.2) is 4.98 Å². The van der Waals surface area contributed by atoms with Gasteiger partial charge in [0.25, 0.3) is 0 Å². The molecule has 4 aromatic rings. The van der Waals surface area contributed by atoms with Gasteiger partial charge in [0.1, 0.15) is 17.2 Å². The molecule has 2 aromatic heterocycles. The highest BCUT2D eigenvalue weighted by atomic mass is 16.5. The average Bonchev–Trinajstić information content (AvgIpc) is 3.16. The summed E-state index contributed by atoms with van der Waals surface area (Å²) in [5.41, 5.74) is 4.14. The molecule has 0 saturated heterocycles. The molecule has 0 unspecified atom stereocenters. The number of carbonyl (C=O) groups is 1. The predicted molar refractivity (Wildman–Crippen MR) is 124 cm³/mol. The van der Waals surface area contributed by atoms with Crippen LogP contribution in [0.4, 0.5) is 5.82 Å². The van der Waals surface area contributed by atoms with E-state index in [1.807, 2.05) is 60.0 Å². The maximum Gasteiger partial charge on any atom is 0.230 e. The van der Waals surface area contributed by atoms with Crippen LogP contribution in [-0.2, 0) is 11.2 Å². The number of amides is 1. The molecule has 2 aromatic carbocycles. The van der Waals surface area contributed by atoms with Gasteiger partial charge in [-0.15, -0.1) is 0 Å². The lowest BCUT2D eigenvalue weighted by molar-refractivity contribution is -0.115. The van der Waals surface area contributed by atoms with E-state index >= 15 is 0 Å². The number of imidazole rings is 1. The van der Waals surface area contributed by atoms with Crippen molar-refractivity contribution in [3.05, 3.63) is 71.9 Å². The highest BCUT2D eigenvalue weighted by Crippen LogP contribution is 2.40. The normalized spacial score (nSPS) is 10.8. The highest BCUT2D eigenvalue weighted by Gasteiger charge is 2.20. The number of ether oxygens (including phenoxy) is 3. The van der Waals surface area contributed by atoms with Crippen LogP contribution >= 0.6 is 0 Å². The average molecular weight is 431 g/mol. The van der Waals surface area contributed by atoms with Gasteiger partial charge in [0.05, 0.1) is 27.8 Å². The maximum absolute atomic E-state index is 13.1. The number of aromatic nitrogens is 2. The molecule has 2 heterocycles. The number of carbonyl (C=O) groups excluding carboxylic acids is 1. The first-order valence-corrected chi connectivity index (χ1v) is 10.2. The van der Waals surface area contributed by atoms with Crippen LogP contribution in [0.5, 0.6) is 17.2 Å². The molecule has 0 radical (unpaired) electrons. The summed E-state index contributed by atoms with van der Waals surface area (Å²) in [6.45, 7) is 2.00. The number of hydrogen-bond donors (Lipinski definition) is 1. The number of nitrogens with one attached hydrogen (secondary N) is 1. The molecule has 0 atom stereocenters. The Hall–Kier alpha value is -4.00. The van der Waals surface area contributed by atoms with Crippen LogP contribution in [-0.4, -0.2) is 36.6 Å². The molecule has 0 aliphatic rings. The number of aryl methyl sites for hydroxylation is 1. The lowest BCUT2D eigenvalue weighted by Crippen LogP contribution is -2.17. The zero-order valence-electron chi connectivity index (χ0n) is 18.5. The van der Waals surface area contributed by atoms with Crippen LogP contribution in [0.25, 0.3) is 16.9 Å². The summed E-state index contributed by atoms with van der Waals surface area (Å²) < 4.78 is 18.2. The Labute approximate surface area is 186 Å². The van der Waals surface area contributed by atoms with Gasteiger partial charge in [-0.1, -0.05) is 42.5 Å². The van der Waals surface area contributed by atoms with Crippen LogP contribution in [0.15, 0.2) is 60.8 Å². The van der Waals surface area contributed by atoms with Crippen LogP contribution < -0.4 is 19.5 Å². The Morgan fingerprint density at radius 3 is 2.38 bits per heavy atom. The van der Waals surface area contributed by atoms with E-state index in [1.54, 1.807) is 26.4 Å². The molecule has 32 heavy (non-hydrogen) atoms. The predicted octanol–water partition coefficient (Wildman–Crippen LogP) is 4.52. The third kappa shape index (κ3) is 3.97. The van der Waals surface area contributed by atoms with Gasteiger partial charge in [-0.2, -0.15) is 0 Å². The van der Waals surface area contributed by atoms with Crippen molar-refractivity contribution in [3.8, 4) is 28.5 Å². The van der Waals surface area contributed by atoms with E-state index < -0.39 is 0 Å². The van der Waals surface area contributed by atoms with Gasteiger partial charge in [-0.3, -0.25) is 9.20 Å². The van der Waals surface area contributed by atoms with Crippen LogP contribution in [0.1, 0.15) is 11.1 Å². The largest absolute Gasteiger partial charge is 0.493 e. The molecule has 0 fully saturated rings. The summed E-state index contributed by atoms with van der Waals surface area (Å²) in [5.74, 6) is 1.89. The highest BCUT2D eigenvalue weighted by molar-refractivity contribution is 5.96. The third-order valence-corrected chi connectivity index (χ3v) is 5.21. The molecule has 0 saturated carbocycles.